The van der Waals surface area contributed by atoms with Gasteiger partial charge in [0.15, 0.2) is 23.3 Å². The summed E-state index contributed by atoms with van der Waals surface area (Å²) in [5.41, 5.74) is -1.47. The molecule has 9 heteroatoms. The average Bonchev–Trinajstić information content (AvgIpc) is 3.16. The zero-order valence-corrected chi connectivity index (χ0v) is 18.6. The molecule has 0 unspecified atom stereocenters. The van der Waals surface area contributed by atoms with Gasteiger partial charge in [0.25, 0.3) is 0 Å². The number of carbonyl (C=O) groups is 1. The van der Waals surface area contributed by atoms with Crippen molar-refractivity contribution in [2.45, 2.75) is 33.4 Å². The zero-order chi connectivity index (χ0) is 24.7. The second-order valence-corrected chi connectivity index (χ2v) is 8.29. The fourth-order valence-electron chi connectivity index (χ4n) is 3.80. The summed E-state index contributed by atoms with van der Waals surface area (Å²) >= 11 is 0. The van der Waals surface area contributed by atoms with Gasteiger partial charge < -0.3 is 15.4 Å². The van der Waals surface area contributed by atoms with Crippen LogP contribution in [0.25, 0.3) is 33.3 Å². The molecule has 0 aliphatic carbocycles. The molecule has 1 heterocycles. The fourth-order valence-corrected chi connectivity index (χ4v) is 3.80. The summed E-state index contributed by atoms with van der Waals surface area (Å²) in [5.74, 6) is -7.41. The van der Waals surface area contributed by atoms with Gasteiger partial charge in [0.05, 0.1) is 22.2 Å². The first kappa shape index (κ1) is 23.4. The summed E-state index contributed by atoms with van der Waals surface area (Å²) in [6.45, 7) is 6.03. The van der Waals surface area contributed by atoms with Crippen LogP contribution in [0, 0.1) is 30.2 Å². The summed E-state index contributed by atoms with van der Waals surface area (Å²) in [5, 5.41) is 12.7. The molecule has 0 bridgehead atoms. The van der Waals surface area contributed by atoms with Crippen LogP contribution < -0.4 is 5.32 Å². The van der Waals surface area contributed by atoms with Crippen LogP contribution in [-0.2, 0) is 6.54 Å². The van der Waals surface area contributed by atoms with Crippen molar-refractivity contribution < 1.29 is 27.5 Å². The smallest absolute Gasteiger partial charge is 0.337 e. The monoisotopic (exact) mass is 471 g/mol. The minimum absolute atomic E-state index is 0.0292. The number of aromatic nitrogens is 2. The summed E-state index contributed by atoms with van der Waals surface area (Å²) in [4.78, 5) is 18.5. The highest BCUT2D eigenvalue weighted by molar-refractivity contribution is 6.03. The summed E-state index contributed by atoms with van der Waals surface area (Å²) < 4.78 is 60.4. The Balaban J connectivity index is 1.85. The van der Waals surface area contributed by atoms with Gasteiger partial charge in [-0.1, -0.05) is 38.1 Å². The van der Waals surface area contributed by atoms with Crippen LogP contribution in [0.5, 0.6) is 0 Å². The second kappa shape index (κ2) is 8.90. The number of benzene rings is 3. The van der Waals surface area contributed by atoms with E-state index < -0.39 is 40.4 Å². The van der Waals surface area contributed by atoms with E-state index in [0.717, 1.165) is 11.6 Å². The molecular formula is C25H21F4N3O2. The number of carboxylic acids is 1. The highest BCUT2D eigenvalue weighted by atomic mass is 19.2. The first-order chi connectivity index (χ1) is 16.1. The molecule has 0 aliphatic rings. The van der Waals surface area contributed by atoms with E-state index in [-0.39, 0.29) is 33.8 Å². The van der Waals surface area contributed by atoms with Crippen molar-refractivity contribution in [2.24, 2.45) is 0 Å². The number of aryl methyl sites for hydroxylation is 1. The number of nitrogens with zero attached hydrogens (tertiary/aromatic N) is 1. The maximum absolute atomic E-state index is 15.1. The number of aromatic amines is 1. The van der Waals surface area contributed by atoms with Gasteiger partial charge in [0, 0.05) is 12.6 Å². The van der Waals surface area contributed by atoms with Crippen LogP contribution in [0.1, 0.15) is 35.6 Å². The fraction of sp³-hybridized carbons (Fsp3) is 0.200. The normalized spacial score (nSPS) is 11.5. The predicted octanol–water partition coefficient (Wildman–Crippen LogP) is 5.96. The van der Waals surface area contributed by atoms with Gasteiger partial charge in [0.2, 0.25) is 0 Å². The Labute approximate surface area is 192 Å². The molecule has 34 heavy (non-hydrogen) atoms. The van der Waals surface area contributed by atoms with Crippen molar-refractivity contribution >= 4 is 17.0 Å². The van der Waals surface area contributed by atoms with E-state index in [1.807, 2.05) is 13.8 Å². The molecular weight excluding hydrogens is 450 g/mol. The molecule has 0 saturated carbocycles. The van der Waals surface area contributed by atoms with Crippen LogP contribution in [0.3, 0.4) is 0 Å². The predicted molar refractivity (Wildman–Crippen MR) is 120 cm³/mol. The van der Waals surface area contributed by atoms with Crippen LogP contribution in [0.4, 0.5) is 17.6 Å². The molecule has 176 valence electrons. The molecule has 0 atom stereocenters. The van der Waals surface area contributed by atoms with Gasteiger partial charge in [-0.25, -0.2) is 27.3 Å². The van der Waals surface area contributed by atoms with E-state index in [0.29, 0.717) is 12.4 Å². The largest absolute Gasteiger partial charge is 0.478 e. The third-order valence-electron chi connectivity index (χ3n) is 5.44. The number of imidazole rings is 1. The second-order valence-electron chi connectivity index (χ2n) is 8.29. The number of halogens is 4. The van der Waals surface area contributed by atoms with Crippen molar-refractivity contribution in [1.82, 2.24) is 15.3 Å². The third-order valence-corrected chi connectivity index (χ3v) is 5.44. The molecule has 1 aromatic heterocycles. The number of hydrogen-bond acceptors (Lipinski definition) is 3. The van der Waals surface area contributed by atoms with Crippen molar-refractivity contribution in [3.05, 3.63) is 76.6 Å². The van der Waals surface area contributed by atoms with E-state index in [4.69, 9.17) is 0 Å². The molecule has 0 amide bonds. The molecule has 0 fully saturated rings. The number of carboxylic acid groups (broad SMARTS) is 1. The quantitative estimate of drug-likeness (QED) is 0.240. The van der Waals surface area contributed by atoms with Gasteiger partial charge in [0.1, 0.15) is 11.3 Å². The van der Waals surface area contributed by atoms with Gasteiger partial charge >= 0.3 is 5.97 Å². The Kier molecular flexibility index (Phi) is 6.14. The lowest BCUT2D eigenvalue weighted by molar-refractivity contribution is 0.0699. The molecule has 0 aliphatic heterocycles. The first-order valence-electron chi connectivity index (χ1n) is 10.5. The van der Waals surface area contributed by atoms with Crippen molar-refractivity contribution in [1.29, 1.82) is 0 Å². The Morgan fingerprint density at radius 1 is 0.971 bits per heavy atom. The number of rotatable bonds is 6. The van der Waals surface area contributed by atoms with Crippen LogP contribution in [0.2, 0.25) is 0 Å². The topological polar surface area (TPSA) is 78.0 Å². The highest BCUT2D eigenvalue weighted by Crippen LogP contribution is 2.38. The molecule has 0 spiro atoms. The van der Waals surface area contributed by atoms with E-state index >= 15 is 17.6 Å². The Morgan fingerprint density at radius 2 is 1.53 bits per heavy atom. The highest BCUT2D eigenvalue weighted by Gasteiger charge is 2.28. The molecule has 3 aromatic carbocycles. The summed E-state index contributed by atoms with van der Waals surface area (Å²) in [6.07, 6.45) is 0. The lowest BCUT2D eigenvalue weighted by Crippen LogP contribution is -2.21. The van der Waals surface area contributed by atoms with Crippen molar-refractivity contribution in [3.63, 3.8) is 0 Å². The number of fused-ring (bicyclic) bond motifs is 1. The van der Waals surface area contributed by atoms with Gasteiger partial charge in [-0.3, -0.25) is 0 Å². The standard InChI is InChI=1S/C25H21F4N3O2/c1-11(2)30-10-13-4-6-14(7-5-13)18-20(26)22(28)19(23(29)21(18)27)15-8-16(25(33)34)24-17(9-15)31-12(3)32-24/h4-9,11,30H,10H2,1-3H3,(H,31,32)(H,33,34). The number of hydrogen-bond donors (Lipinski definition) is 3. The van der Waals surface area contributed by atoms with E-state index in [1.54, 1.807) is 19.1 Å². The maximum Gasteiger partial charge on any atom is 0.337 e. The van der Waals surface area contributed by atoms with E-state index in [1.165, 1.54) is 18.2 Å². The SMILES string of the molecule is Cc1nc2c(C(=O)O)cc(-c3c(F)c(F)c(-c4ccc(CNC(C)C)cc4)c(F)c3F)cc2[nH]1. The minimum atomic E-state index is -1.62. The molecule has 5 nitrogen and oxygen atoms in total. The minimum Gasteiger partial charge on any atom is -0.478 e. The average molecular weight is 471 g/mol. The number of aromatic carboxylic acids is 1. The van der Waals surface area contributed by atoms with Gasteiger partial charge in [-0.15, -0.1) is 0 Å². The number of H-pyrrole nitrogens is 1. The molecule has 0 saturated heterocycles. The zero-order valence-electron chi connectivity index (χ0n) is 18.6. The van der Waals surface area contributed by atoms with Crippen molar-refractivity contribution in [2.75, 3.05) is 0 Å². The maximum atomic E-state index is 15.1. The van der Waals surface area contributed by atoms with E-state index in [2.05, 4.69) is 15.3 Å². The molecule has 0 radical (unpaired) electrons. The summed E-state index contributed by atoms with van der Waals surface area (Å²) in [7, 11) is 0. The molecule has 4 rings (SSSR count). The molecule has 4 aromatic rings. The summed E-state index contributed by atoms with van der Waals surface area (Å²) in [6, 6.07) is 8.39. The van der Waals surface area contributed by atoms with Crippen LogP contribution in [-0.4, -0.2) is 27.1 Å². The lowest BCUT2D eigenvalue weighted by atomic mass is 9.95. The Hall–Kier alpha value is -3.72. The third kappa shape index (κ3) is 4.14. The Morgan fingerprint density at radius 3 is 2.06 bits per heavy atom. The van der Waals surface area contributed by atoms with Gasteiger partial charge in [-0.05, 0) is 35.7 Å². The van der Waals surface area contributed by atoms with Crippen LogP contribution in [0.15, 0.2) is 36.4 Å². The van der Waals surface area contributed by atoms with Crippen molar-refractivity contribution in [3.8, 4) is 22.3 Å². The first-order valence-corrected chi connectivity index (χ1v) is 10.5. The van der Waals surface area contributed by atoms with E-state index in [9.17, 15) is 9.90 Å². The number of nitrogens with one attached hydrogen (secondary N) is 2. The van der Waals surface area contributed by atoms with Crippen LogP contribution >= 0.6 is 0 Å². The Bertz CT molecular complexity index is 1380. The lowest BCUT2D eigenvalue weighted by Gasteiger charge is -2.14. The van der Waals surface area contributed by atoms with Gasteiger partial charge in [-0.2, -0.15) is 0 Å². The molecule has 3 N–H and O–H groups in total.